The van der Waals surface area contributed by atoms with Crippen molar-refractivity contribution in [1.82, 2.24) is 19.2 Å². The number of aromatic nitrogens is 2. The second kappa shape index (κ2) is 20.0. The van der Waals surface area contributed by atoms with Crippen molar-refractivity contribution in [2.24, 2.45) is 0 Å². The number of carboxylic acid groups (broad SMARTS) is 4. The molecule has 2 aliphatic rings. The molecule has 1 atom stereocenters. The minimum Gasteiger partial charge on any atom is -0.497 e. The van der Waals surface area contributed by atoms with Crippen LogP contribution in [0.4, 0.5) is 52.7 Å². The summed E-state index contributed by atoms with van der Waals surface area (Å²) in [5, 5.41) is 28.5. The number of aliphatic carboxylic acids is 4. The molecule has 314 valence electrons. The van der Waals surface area contributed by atoms with Crippen LogP contribution in [0.2, 0.25) is 0 Å². The molecule has 25 heteroatoms. The number of likely N-dealkylation sites (N-methyl/N-ethyl adjacent to an activating group) is 1. The minimum atomic E-state index is -5.08. The molecule has 3 heterocycles. The zero-order chi connectivity index (χ0) is 43.4. The molecule has 2 fully saturated rings. The number of benzene rings is 1. The van der Waals surface area contributed by atoms with Crippen LogP contribution in [0.15, 0.2) is 48.7 Å². The van der Waals surface area contributed by atoms with Gasteiger partial charge in [-0.15, -0.1) is 0 Å². The van der Waals surface area contributed by atoms with Crippen LogP contribution in [-0.2, 0) is 19.2 Å². The first-order valence-corrected chi connectivity index (χ1v) is 15.3. The Balaban J connectivity index is 0.000000457. The normalized spacial score (nSPS) is 16.5. The van der Waals surface area contributed by atoms with Gasteiger partial charge < -0.3 is 25.2 Å². The fourth-order valence-corrected chi connectivity index (χ4v) is 4.48. The molecule has 56 heavy (non-hydrogen) atoms. The average Bonchev–Trinajstić information content (AvgIpc) is 3.49. The summed E-state index contributed by atoms with van der Waals surface area (Å²) in [6.45, 7) is 3.38. The fraction of sp³-hybridized carbons (Fsp3) is 0.452. The van der Waals surface area contributed by atoms with E-state index in [0.29, 0.717) is 6.04 Å². The Hall–Kier alpha value is -5.33. The lowest BCUT2D eigenvalue weighted by Gasteiger charge is -2.45. The Bertz CT molecular complexity index is 1660. The highest BCUT2D eigenvalue weighted by atomic mass is 19.4. The molecule has 1 unspecified atom stereocenters. The molecule has 1 aliphatic carbocycles. The van der Waals surface area contributed by atoms with E-state index in [4.69, 9.17) is 49.3 Å². The summed E-state index contributed by atoms with van der Waals surface area (Å²) in [5.74, 6) is -10.2. The van der Waals surface area contributed by atoms with E-state index in [-0.39, 0.29) is 0 Å². The summed E-state index contributed by atoms with van der Waals surface area (Å²) >= 11 is 0. The van der Waals surface area contributed by atoms with Crippen molar-refractivity contribution < 1.29 is 97.0 Å². The van der Waals surface area contributed by atoms with Crippen LogP contribution in [0.1, 0.15) is 31.0 Å². The molecule has 4 N–H and O–H groups in total. The number of imidazole rings is 1. The topological polar surface area (TPSA) is 182 Å². The third kappa shape index (κ3) is 15.8. The number of pyridine rings is 1. The van der Waals surface area contributed by atoms with Crippen molar-refractivity contribution in [3.63, 3.8) is 0 Å². The average molecular weight is 833 g/mol. The number of piperazine rings is 1. The van der Waals surface area contributed by atoms with Crippen LogP contribution in [0, 0.1) is 0 Å². The van der Waals surface area contributed by atoms with Gasteiger partial charge in [-0.2, -0.15) is 52.7 Å². The lowest BCUT2D eigenvalue weighted by Crippen LogP contribution is -2.52. The maximum Gasteiger partial charge on any atom is 0.490 e. The van der Waals surface area contributed by atoms with Gasteiger partial charge in [0, 0.05) is 31.9 Å². The first-order valence-electron chi connectivity index (χ1n) is 15.3. The lowest BCUT2D eigenvalue weighted by atomic mass is 9.90. The first-order chi connectivity index (χ1) is 25.5. The van der Waals surface area contributed by atoms with E-state index in [2.05, 4.69) is 57.8 Å². The van der Waals surface area contributed by atoms with Gasteiger partial charge in [0.25, 0.3) is 0 Å². The predicted octanol–water partition coefficient (Wildman–Crippen LogP) is 6.38. The molecule has 0 bridgehead atoms. The highest BCUT2D eigenvalue weighted by molar-refractivity contribution is 5.74. The maximum absolute atomic E-state index is 10.6. The Labute approximate surface area is 307 Å². The van der Waals surface area contributed by atoms with Crippen LogP contribution in [0.3, 0.4) is 0 Å². The Morgan fingerprint density at radius 3 is 1.48 bits per heavy atom. The number of ether oxygens (including phenoxy) is 1. The van der Waals surface area contributed by atoms with Gasteiger partial charge in [-0.05, 0) is 61.9 Å². The van der Waals surface area contributed by atoms with Gasteiger partial charge in [0.05, 0.1) is 24.5 Å². The summed E-state index contributed by atoms with van der Waals surface area (Å²) in [5.41, 5.74) is 4.52. The fourth-order valence-electron chi connectivity index (χ4n) is 4.48. The van der Waals surface area contributed by atoms with Gasteiger partial charge in [-0.1, -0.05) is 12.5 Å². The Morgan fingerprint density at radius 2 is 1.12 bits per heavy atom. The minimum absolute atomic E-state index is 0.359. The quantitative estimate of drug-likeness (QED) is 0.213. The van der Waals surface area contributed by atoms with Gasteiger partial charge in [0.15, 0.2) is 0 Å². The smallest absolute Gasteiger partial charge is 0.490 e. The molecule has 1 aromatic carbocycles. The highest BCUT2D eigenvalue weighted by Gasteiger charge is 2.40. The number of alkyl halides is 12. The van der Waals surface area contributed by atoms with Gasteiger partial charge >= 0.3 is 48.6 Å². The molecule has 1 saturated heterocycles. The van der Waals surface area contributed by atoms with Crippen molar-refractivity contribution in [1.29, 1.82) is 0 Å². The summed E-state index contributed by atoms with van der Waals surface area (Å²) < 4.78 is 134. The molecule has 5 rings (SSSR count). The Kier molecular flexibility index (Phi) is 17.4. The van der Waals surface area contributed by atoms with E-state index >= 15 is 0 Å². The van der Waals surface area contributed by atoms with E-state index in [1.807, 2.05) is 12.1 Å². The number of rotatable bonds is 4. The van der Waals surface area contributed by atoms with Gasteiger partial charge in [0.2, 0.25) is 0 Å². The van der Waals surface area contributed by atoms with E-state index < -0.39 is 48.6 Å². The van der Waals surface area contributed by atoms with Crippen LogP contribution < -0.4 is 4.74 Å². The van der Waals surface area contributed by atoms with Crippen LogP contribution in [0.5, 0.6) is 5.75 Å². The van der Waals surface area contributed by atoms with Crippen molar-refractivity contribution in [2.75, 3.05) is 33.8 Å². The number of carboxylic acids is 4. The van der Waals surface area contributed by atoms with E-state index in [1.54, 1.807) is 7.11 Å². The number of hydrogen-bond acceptors (Lipinski definition) is 8. The van der Waals surface area contributed by atoms with E-state index in [9.17, 15) is 52.7 Å². The molecular formula is C31H32F12N4O9. The van der Waals surface area contributed by atoms with Crippen molar-refractivity contribution >= 4 is 29.5 Å². The van der Waals surface area contributed by atoms with Gasteiger partial charge in [0.1, 0.15) is 11.4 Å². The summed E-state index contributed by atoms with van der Waals surface area (Å²) in [6, 6.07) is 15.7. The molecule has 0 amide bonds. The molecule has 0 spiro atoms. The molecule has 13 nitrogen and oxygen atoms in total. The number of hydrogen-bond donors (Lipinski definition) is 4. The van der Waals surface area contributed by atoms with Crippen molar-refractivity contribution in [3.8, 4) is 17.0 Å². The third-order valence-electron chi connectivity index (χ3n) is 7.48. The zero-order valence-electron chi connectivity index (χ0n) is 28.7. The monoisotopic (exact) mass is 832 g/mol. The SMILES string of the molecule is COc1ccc(-c2cccc3nc(C4CN(C5CCC5)CCN4C)cn23)cc1.O=C(O)C(F)(F)F.O=C(O)C(F)(F)F.O=C(O)C(F)(F)F.O=C(O)C(F)(F)F. The van der Waals surface area contributed by atoms with Crippen molar-refractivity contribution in [2.45, 2.75) is 56.1 Å². The molecular weight excluding hydrogens is 800 g/mol. The number of methoxy groups -OCH3 is 1. The summed E-state index contributed by atoms with van der Waals surface area (Å²) in [7, 11) is 3.93. The second-order valence-corrected chi connectivity index (χ2v) is 11.3. The van der Waals surface area contributed by atoms with E-state index in [1.165, 1.54) is 37.1 Å². The standard InChI is InChI=1S/C23H28N4O.4C2HF3O2/c1-25-13-14-26(18-5-3-6-18)16-22(25)20-15-27-21(7-4-8-23(27)24-20)17-9-11-19(28-2)12-10-17;4*3-2(4,5)1(6)7/h4,7-12,15,18,22H,3,5-6,13-14,16H2,1-2H3;4*(H,6,7). The van der Waals surface area contributed by atoms with Gasteiger partial charge in [-0.25, -0.2) is 24.2 Å². The van der Waals surface area contributed by atoms with Gasteiger partial charge in [-0.3, -0.25) is 14.2 Å². The number of nitrogens with zero attached hydrogens (tertiary/aromatic N) is 4. The molecule has 0 radical (unpaired) electrons. The highest BCUT2D eigenvalue weighted by Crippen LogP contribution is 2.32. The maximum atomic E-state index is 10.6. The number of fused-ring (bicyclic) bond motifs is 1. The lowest BCUT2D eigenvalue weighted by molar-refractivity contribution is -0.193. The number of carbonyl (C=O) groups is 4. The molecule has 1 saturated carbocycles. The molecule has 1 aliphatic heterocycles. The first kappa shape index (κ1) is 48.7. The van der Waals surface area contributed by atoms with Crippen LogP contribution in [0.25, 0.3) is 16.9 Å². The second-order valence-electron chi connectivity index (χ2n) is 11.3. The molecule has 2 aromatic heterocycles. The molecule has 3 aromatic rings. The van der Waals surface area contributed by atoms with Crippen LogP contribution in [-0.4, -0.2) is 128 Å². The largest absolute Gasteiger partial charge is 0.497 e. The number of halogens is 12. The third-order valence-corrected chi connectivity index (χ3v) is 7.48. The summed E-state index contributed by atoms with van der Waals surface area (Å²) in [6.07, 6.45) is -14.0. The zero-order valence-corrected chi connectivity index (χ0v) is 28.7. The summed E-state index contributed by atoms with van der Waals surface area (Å²) in [4.78, 5) is 45.7. The van der Waals surface area contributed by atoms with Crippen LogP contribution >= 0.6 is 0 Å². The predicted molar refractivity (Wildman–Crippen MR) is 167 cm³/mol. The van der Waals surface area contributed by atoms with Crippen molar-refractivity contribution in [3.05, 3.63) is 54.4 Å². The Morgan fingerprint density at radius 1 is 0.696 bits per heavy atom. The van der Waals surface area contributed by atoms with E-state index in [0.717, 1.165) is 36.2 Å².